The maximum absolute atomic E-state index is 12.8. The molecule has 7 heteroatoms. The summed E-state index contributed by atoms with van der Waals surface area (Å²) in [6.45, 7) is 2.90. The highest BCUT2D eigenvalue weighted by Gasteiger charge is 2.21. The Balaban J connectivity index is 1.66. The summed E-state index contributed by atoms with van der Waals surface area (Å²) in [5.41, 5.74) is 6.43. The highest BCUT2D eigenvalue weighted by molar-refractivity contribution is 5.98. The summed E-state index contributed by atoms with van der Waals surface area (Å²) in [5, 5.41) is 2.68. The van der Waals surface area contributed by atoms with Crippen molar-refractivity contribution in [1.82, 2.24) is 5.32 Å². The predicted octanol–water partition coefficient (Wildman–Crippen LogP) is 3.50. The molecule has 7 nitrogen and oxygen atoms in total. The summed E-state index contributed by atoms with van der Waals surface area (Å²) < 4.78 is 17.0. The minimum atomic E-state index is -0.940. The zero-order valence-corrected chi connectivity index (χ0v) is 17.8. The Morgan fingerprint density at radius 3 is 2.16 bits per heavy atom. The van der Waals surface area contributed by atoms with E-state index in [4.69, 9.17) is 19.9 Å². The van der Waals surface area contributed by atoms with Crippen LogP contribution in [0.1, 0.15) is 28.9 Å². The Bertz CT molecular complexity index is 1030. The summed E-state index contributed by atoms with van der Waals surface area (Å²) >= 11 is 0. The fraction of sp³-hybridized carbons (Fsp3) is 0.200. The molecule has 3 N–H and O–H groups in total. The number of ether oxygens (including phenoxy) is 3. The van der Waals surface area contributed by atoms with Crippen LogP contribution >= 0.6 is 0 Å². The van der Waals surface area contributed by atoms with Gasteiger partial charge in [-0.25, -0.2) is 0 Å². The molecule has 166 valence electrons. The van der Waals surface area contributed by atoms with Crippen LogP contribution in [-0.2, 0) is 4.79 Å². The van der Waals surface area contributed by atoms with Gasteiger partial charge < -0.3 is 25.3 Å². The molecule has 0 saturated heterocycles. The van der Waals surface area contributed by atoms with Gasteiger partial charge in [-0.05, 0) is 42.8 Å². The lowest BCUT2D eigenvalue weighted by atomic mass is 10.1. The van der Waals surface area contributed by atoms with E-state index in [1.165, 1.54) is 0 Å². The van der Waals surface area contributed by atoms with Crippen molar-refractivity contribution in [3.8, 4) is 17.2 Å². The lowest BCUT2D eigenvalue weighted by molar-refractivity contribution is -0.120. The van der Waals surface area contributed by atoms with E-state index in [9.17, 15) is 9.59 Å². The molecule has 0 saturated carbocycles. The molecule has 0 aliphatic carbocycles. The summed E-state index contributed by atoms with van der Waals surface area (Å²) in [5.74, 6) is 0.589. The summed E-state index contributed by atoms with van der Waals surface area (Å²) in [7, 11) is 0. The second-order valence-corrected chi connectivity index (χ2v) is 6.82. The van der Waals surface area contributed by atoms with Gasteiger partial charge in [0.25, 0.3) is 5.91 Å². The number of carbonyl (C=O) groups is 2. The Morgan fingerprint density at radius 1 is 0.844 bits per heavy atom. The van der Waals surface area contributed by atoms with Crippen LogP contribution < -0.4 is 25.3 Å². The van der Waals surface area contributed by atoms with Crippen LogP contribution in [0.5, 0.6) is 17.2 Å². The average molecular weight is 434 g/mol. The largest absolute Gasteiger partial charge is 0.490 e. The van der Waals surface area contributed by atoms with Crippen LogP contribution in [0.2, 0.25) is 0 Å². The van der Waals surface area contributed by atoms with Crippen molar-refractivity contribution in [2.45, 2.75) is 13.0 Å². The number of rotatable bonds is 11. The highest BCUT2D eigenvalue weighted by Crippen LogP contribution is 2.29. The smallest absolute Gasteiger partial charge is 0.252 e. The third kappa shape index (κ3) is 6.25. The molecule has 3 aromatic carbocycles. The maximum Gasteiger partial charge on any atom is 0.252 e. The quantitative estimate of drug-likeness (QED) is 0.450. The number of amides is 2. The lowest BCUT2D eigenvalue weighted by Crippen LogP contribution is -2.37. The van der Waals surface area contributed by atoms with Crippen molar-refractivity contribution in [1.29, 1.82) is 0 Å². The van der Waals surface area contributed by atoms with Gasteiger partial charge in [0.1, 0.15) is 25.0 Å². The van der Waals surface area contributed by atoms with Crippen molar-refractivity contribution < 1.29 is 23.8 Å². The molecule has 0 aromatic heterocycles. The van der Waals surface area contributed by atoms with Crippen LogP contribution in [-0.4, -0.2) is 31.6 Å². The van der Waals surface area contributed by atoms with Gasteiger partial charge in [0, 0.05) is 5.56 Å². The van der Waals surface area contributed by atoms with Gasteiger partial charge in [-0.1, -0.05) is 48.5 Å². The van der Waals surface area contributed by atoms with Gasteiger partial charge in [-0.3, -0.25) is 9.59 Å². The molecule has 0 fully saturated rings. The standard InChI is InChI=1S/C25H26N2O5/c1-2-30-22-17-19(25(29)27-23(24(26)28)18-9-5-3-6-10-18)13-14-21(22)32-16-15-31-20-11-7-4-8-12-20/h3-14,17,23H,2,15-16H2,1H3,(H2,26,28)(H,27,29). The molecule has 0 radical (unpaired) electrons. The van der Waals surface area contributed by atoms with E-state index in [2.05, 4.69) is 5.32 Å². The first kappa shape index (κ1) is 22.7. The van der Waals surface area contributed by atoms with Gasteiger partial charge in [-0.2, -0.15) is 0 Å². The van der Waals surface area contributed by atoms with E-state index in [0.717, 1.165) is 5.75 Å². The van der Waals surface area contributed by atoms with Crippen LogP contribution in [0, 0.1) is 0 Å². The normalized spacial score (nSPS) is 11.3. The second-order valence-electron chi connectivity index (χ2n) is 6.82. The SMILES string of the molecule is CCOc1cc(C(=O)NC(C(N)=O)c2ccccc2)ccc1OCCOc1ccccc1. The predicted molar refractivity (Wildman–Crippen MR) is 121 cm³/mol. The molecule has 32 heavy (non-hydrogen) atoms. The first-order valence-electron chi connectivity index (χ1n) is 10.3. The van der Waals surface area contributed by atoms with Crippen molar-refractivity contribution in [3.05, 3.63) is 90.0 Å². The Kier molecular flexibility index (Phi) is 8.09. The lowest BCUT2D eigenvalue weighted by Gasteiger charge is -2.17. The fourth-order valence-corrected chi connectivity index (χ4v) is 3.04. The van der Waals surface area contributed by atoms with Crippen molar-refractivity contribution in [3.63, 3.8) is 0 Å². The van der Waals surface area contributed by atoms with Gasteiger partial charge >= 0.3 is 0 Å². The van der Waals surface area contributed by atoms with Gasteiger partial charge in [-0.15, -0.1) is 0 Å². The number of primary amides is 1. The number of carbonyl (C=O) groups excluding carboxylic acids is 2. The van der Waals surface area contributed by atoms with Crippen molar-refractivity contribution in [2.75, 3.05) is 19.8 Å². The molecule has 1 atom stereocenters. The Hall–Kier alpha value is -4.00. The van der Waals surface area contributed by atoms with Crippen LogP contribution in [0.15, 0.2) is 78.9 Å². The number of hydrogen-bond donors (Lipinski definition) is 2. The number of benzene rings is 3. The number of para-hydroxylation sites is 1. The molecule has 0 aliphatic rings. The first-order valence-corrected chi connectivity index (χ1v) is 10.3. The number of nitrogens with one attached hydrogen (secondary N) is 1. The Morgan fingerprint density at radius 2 is 1.50 bits per heavy atom. The molecule has 2 amide bonds. The molecule has 1 unspecified atom stereocenters. The third-order valence-corrected chi connectivity index (χ3v) is 4.55. The second kappa shape index (κ2) is 11.4. The van der Waals surface area contributed by atoms with Crippen molar-refractivity contribution >= 4 is 11.8 Å². The molecule has 3 aromatic rings. The zero-order chi connectivity index (χ0) is 22.8. The Labute approximate surface area is 187 Å². The minimum absolute atomic E-state index is 0.304. The van der Waals surface area contributed by atoms with E-state index in [1.807, 2.05) is 43.3 Å². The van der Waals surface area contributed by atoms with E-state index in [-0.39, 0.29) is 0 Å². The molecular formula is C25H26N2O5. The molecule has 0 bridgehead atoms. The minimum Gasteiger partial charge on any atom is -0.490 e. The molecule has 0 aliphatic heterocycles. The number of hydrogen-bond acceptors (Lipinski definition) is 5. The van der Waals surface area contributed by atoms with Crippen LogP contribution in [0.3, 0.4) is 0 Å². The van der Waals surface area contributed by atoms with E-state index in [1.54, 1.807) is 42.5 Å². The fourth-order valence-electron chi connectivity index (χ4n) is 3.04. The van der Waals surface area contributed by atoms with Gasteiger partial charge in [0.05, 0.1) is 6.61 Å². The summed E-state index contributed by atoms with van der Waals surface area (Å²) in [6, 6.07) is 22.2. The van der Waals surface area contributed by atoms with Gasteiger partial charge in [0.2, 0.25) is 5.91 Å². The van der Waals surface area contributed by atoms with Crippen LogP contribution in [0.4, 0.5) is 0 Å². The topological polar surface area (TPSA) is 99.9 Å². The molecule has 0 spiro atoms. The zero-order valence-electron chi connectivity index (χ0n) is 17.8. The highest BCUT2D eigenvalue weighted by atomic mass is 16.5. The summed E-state index contributed by atoms with van der Waals surface area (Å²) in [6.07, 6.45) is 0. The molecular weight excluding hydrogens is 408 g/mol. The van der Waals surface area contributed by atoms with E-state index >= 15 is 0 Å². The van der Waals surface area contributed by atoms with E-state index in [0.29, 0.717) is 42.4 Å². The van der Waals surface area contributed by atoms with Crippen LogP contribution in [0.25, 0.3) is 0 Å². The van der Waals surface area contributed by atoms with Crippen molar-refractivity contribution in [2.24, 2.45) is 5.73 Å². The average Bonchev–Trinajstić information content (AvgIpc) is 2.82. The summed E-state index contributed by atoms with van der Waals surface area (Å²) in [4.78, 5) is 24.7. The monoisotopic (exact) mass is 434 g/mol. The van der Waals surface area contributed by atoms with Gasteiger partial charge in [0.15, 0.2) is 11.5 Å². The molecule has 0 heterocycles. The third-order valence-electron chi connectivity index (χ3n) is 4.55. The molecule has 3 rings (SSSR count). The first-order chi connectivity index (χ1) is 15.6. The maximum atomic E-state index is 12.8. The van der Waals surface area contributed by atoms with E-state index < -0.39 is 17.9 Å². The number of nitrogens with two attached hydrogens (primary N) is 1.